The van der Waals surface area contributed by atoms with Gasteiger partial charge in [0.05, 0.1) is 0 Å². The van der Waals surface area contributed by atoms with Crippen LogP contribution in [0.3, 0.4) is 0 Å². The zero-order chi connectivity index (χ0) is 17.8. The molecule has 2 N–H and O–H groups in total. The number of aromatic amines is 1. The van der Waals surface area contributed by atoms with Crippen molar-refractivity contribution in [2.45, 2.75) is 32.1 Å². The van der Waals surface area contributed by atoms with Crippen molar-refractivity contribution in [2.75, 3.05) is 13.1 Å². The predicted octanol–water partition coefficient (Wildman–Crippen LogP) is 2.07. The van der Waals surface area contributed by atoms with Crippen molar-refractivity contribution in [1.82, 2.24) is 20.1 Å². The predicted molar refractivity (Wildman–Crippen MR) is 90.1 cm³/mol. The third-order valence-electron chi connectivity index (χ3n) is 5.01. The zero-order valence-corrected chi connectivity index (χ0v) is 14.2. The molecule has 2 aromatic rings. The number of aromatic nitrogens is 3. The molecule has 7 heteroatoms. The molecule has 25 heavy (non-hydrogen) atoms. The number of rotatable bonds is 4. The molecule has 1 saturated carbocycles. The van der Waals surface area contributed by atoms with Gasteiger partial charge in [-0.25, -0.2) is 4.98 Å². The highest BCUT2D eigenvalue weighted by Crippen LogP contribution is 2.47. The van der Waals surface area contributed by atoms with Crippen LogP contribution in [-0.2, 0) is 10.2 Å². The first-order valence-electron chi connectivity index (χ1n) is 8.37. The number of carboxylic acids is 1. The highest BCUT2D eigenvalue weighted by molar-refractivity contribution is 5.95. The Hall–Kier alpha value is -2.70. The van der Waals surface area contributed by atoms with E-state index in [-0.39, 0.29) is 11.3 Å². The minimum Gasteiger partial charge on any atom is -0.480 e. The maximum Gasteiger partial charge on any atom is 0.317 e. The normalized spacial score (nSPS) is 20.0. The van der Waals surface area contributed by atoms with Crippen LogP contribution in [0, 0.1) is 5.41 Å². The second-order valence-corrected chi connectivity index (χ2v) is 7.80. The molecule has 1 saturated heterocycles. The van der Waals surface area contributed by atoms with Gasteiger partial charge in [-0.3, -0.25) is 14.7 Å². The molecule has 1 aromatic heterocycles. The molecule has 0 radical (unpaired) electrons. The summed E-state index contributed by atoms with van der Waals surface area (Å²) in [7, 11) is 0. The van der Waals surface area contributed by atoms with Crippen molar-refractivity contribution in [3.05, 3.63) is 35.7 Å². The molecule has 1 aliphatic heterocycles. The molecular formula is C18H20N4O3. The van der Waals surface area contributed by atoms with Gasteiger partial charge in [0.1, 0.15) is 11.2 Å². The lowest BCUT2D eigenvalue weighted by Crippen LogP contribution is -2.55. The van der Waals surface area contributed by atoms with Crippen molar-refractivity contribution in [2.24, 2.45) is 5.41 Å². The van der Waals surface area contributed by atoms with Crippen molar-refractivity contribution in [3.63, 3.8) is 0 Å². The van der Waals surface area contributed by atoms with Crippen LogP contribution < -0.4 is 0 Å². The summed E-state index contributed by atoms with van der Waals surface area (Å²) in [5.41, 5.74) is 0.697. The Labute approximate surface area is 145 Å². The SMILES string of the molecule is CC1(C)CN(C(=O)c2ccc(-c3n[nH]c(C4(C(=O)O)CC4)n3)cc2)C1. The number of carbonyl (C=O) groups is 2. The van der Waals surface area contributed by atoms with Gasteiger partial charge in [-0.2, -0.15) is 5.10 Å². The summed E-state index contributed by atoms with van der Waals surface area (Å²) in [5.74, 6) is 0.0162. The Bertz CT molecular complexity index is 841. The third-order valence-corrected chi connectivity index (χ3v) is 5.01. The van der Waals surface area contributed by atoms with E-state index in [1.165, 1.54) is 0 Å². The number of amides is 1. The first-order valence-corrected chi connectivity index (χ1v) is 8.37. The fourth-order valence-corrected chi connectivity index (χ4v) is 3.36. The highest BCUT2D eigenvalue weighted by Gasteiger charge is 2.54. The fraction of sp³-hybridized carbons (Fsp3) is 0.444. The topological polar surface area (TPSA) is 99.2 Å². The zero-order valence-electron chi connectivity index (χ0n) is 14.2. The van der Waals surface area contributed by atoms with Crippen molar-refractivity contribution in [3.8, 4) is 11.4 Å². The lowest BCUT2D eigenvalue weighted by atomic mass is 9.84. The molecule has 2 heterocycles. The van der Waals surface area contributed by atoms with E-state index in [0.717, 1.165) is 18.7 Å². The molecule has 0 bridgehead atoms. The van der Waals surface area contributed by atoms with Crippen LogP contribution in [0.5, 0.6) is 0 Å². The molecule has 7 nitrogen and oxygen atoms in total. The summed E-state index contributed by atoms with van der Waals surface area (Å²) in [6.45, 7) is 5.83. The molecule has 1 amide bonds. The van der Waals surface area contributed by atoms with E-state index < -0.39 is 11.4 Å². The molecule has 1 aromatic carbocycles. The minimum atomic E-state index is -0.897. The van der Waals surface area contributed by atoms with Crippen LogP contribution in [0.25, 0.3) is 11.4 Å². The summed E-state index contributed by atoms with van der Waals surface area (Å²) >= 11 is 0. The molecule has 0 spiro atoms. The van der Waals surface area contributed by atoms with Crippen LogP contribution in [-0.4, -0.2) is 50.2 Å². The average molecular weight is 340 g/mol. The molecule has 2 fully saturated rings. The van der Waals surface area contributed by atoms with Crippen LogP contribution >= 0.6 is 0 Å². The molecule has 2 aliphatic rings. The lowest BCUT2D eigenvalue weighted by Gasteiger charge is -2.45. The van der Waals surface area contributed by atoms with Gasteiger partial charge in [-0.1, -0.05) is 26.0 Å². The molecule has 0 unspecified atom stereocenters. The Balaban J connectivity index is 1.51. The smallest absolute Gasteiger partial charge is 0.317 e. The van der Waals surface area contributed by atoms with Gasteiger partial charge in [-0.05, 0) is 30.4 Å². The average Bonchev–Trinajstić information content (AvgIpc) is 3.23. The number of nitrogens with one attached hydrogen (secondary N) is 1. The van der Waals surface area contributed by atoms with E-state index in [2.05, 4.69) is 29.0 Å². The number of carbonyl (C=O) groups excluding carboxylic acids is 1. The summed E-state index contributed by atoms with van der Waals surface area (Å²) in [4.78, 5) is 30.0. The van der Waals surface area contributed by atoms with Gasteiger partial charge in [0.25, 0.3) is 5.91 Å². The van der Waals surface area contributed by atoms with Gasteiger partial charge in [0.2, 0.25) is 0 Å². The molecule has 4 rings (SSSR count). The first-order chi connectivity index (χ1) is 11.8. The largest absolute Gasteiger partial charge is 0.480 e. The number of hydrogen-bond acceptors (Lipinski definition) is 4. The Morgan fingerprint density at radius 2 is 1.80 bits per heavy atom. The fourth-order valence-electron chi connectivity index (χ4n) is 3.36. The quantitative estimate of drug-likeness (QED) is 0.887. The summed E-state index contributed by atoms with van der Waals surface area (Å²) < 4.78 is 0. The van der Waals surface area contributed by atoms with Gasteiger partial charge in [-0.15, -0.1) is 0 Å². The van der Waals surface area contributed by atoms with E-state index in [0.29, 0.717) is 30.1 Å². The monoisotopic (exact) mass is 340 g/mol. The maximum absolute atomic E-state index is 12.4. The Morgan fingerprint density at radius 1 is 1.16 bits per heavy atom. The van der Waals surface area contributed by atoms with Crippen LogP contribution in [0.2, 0.25) is 0 Å². The lowest BCUT2D eigenvalue weighted by molar-refractivity contribution is -0.140. The van der Waals surface area contributed by atoms with E-state index in [4.69, 9.17) is 0 Å². The Morgan fingerprint density at radius 3 is 2.32 bits per heavy atom. The van der Waals surface area contributed by atoms with Crippen LogP contribution in [0.4, 0.5) is 0 Å². The second kappa shape index (κ2) is 5.15. The summed E-state index contributed by atoms with van der Waals surface area (Å²) in [5, 5.41) is 16.2. The molecule has 1 aliphatic carbocycles. The van der Waals surface area contributed by atoms with Crippen molar-refractivity contribution < 1.29 is 14.7 Å². The van der Waals surface area contributed by atoms with E-state index in [9.17, 15) is 14.7 Å². The maximum atomic E-state index is 12.4. The second-order valence-electron chi connectivity index (χ2n) is 7.80. The number of aliphatic carboxylic acids is 1. The van der Waals surface area contributed by atoms with E-state index in [1.54, 1.807) is 24.3 Å². The molecule has 130 valence electrons. The van der Waals surface area contributed by atoms with Crippen molar-refractivity contribution >= 4 is 11.9 Å². The van der Waals surface area contributed by atoms with E-state index in [1.807, 2.05) is 4.90 Å². The van der Waals surface area contributed by atoms with Gasteiger partial charge >= 0.3 is 5.97 Å². The van der Waals surface area contributed by atoms with Crippen LogP contribution in [0.1, 0.15) is 42.9 Å². The highest BCUT2D eigenvalue weighted by atomic mass is 16.4. The first kappa shape index (κ1) is 15.8. The third kappa shape index (κ3) is 2.59. The van der Waals surface area contributed by atoms with E-state index >= 15 is 0 Å². The number of hydrogen-bond donors (Lipinski definition) is 2. The standard InChI is InChI=1S/C18H20N4O3/c1-17(2)9-22(10-17)14(23)12-5-3-11(4-6-12)13-19-15(21-20-13)18(7-8-18)16(24)25/h3-6H,7-10H2,1-2H3,(H,24,25)(H,19,20,21). The van der Waals surface area contributed by atoms with Gasteiger partial charge in [0.15, 0.2) is 5.82 Å². The molecule has 0 atom stereocenters. The Kier molecular flexibility index (Phi) is 3.25. The number of likely N-dealkylation sites (tertiary alicyclic amines) is 1. The van der Waals surface area contributed by atoms with Gasteiger partial charge < -0.3 is 10.0 Å². The number of carboxylic acid groups (broad SMARTS) is 1. The summed E-state index contributed by atoms with van der Waals surface area (Å²) in [6.07, 6.45) is 1.16. The number of nitrogens with zero attached hydrogens (tertiary/aromatic N) is 3. The minimum absolute atomic E-state index is 0.0318. The van der Waals surface area contributed by atoms with Crippen molar-refractivity contribution in [1.29, 1.82) is 0 Å². The van der Waals surface area contributed by atoms with Crippen LogP contribution in [0.15, 0.2) is 24.3 Å². The molecular weight excluding hydrogens is 320 g/mol. The number of H-pyrrole nitrogens is 1. The van der Waals surface area contributed by atoms with Gasteiger partial charge in [0, 0.05) is 24.2 Å². The number of benzene rings is 1. The summed E-state index contributed by atoms with van der Waals surface area (Å²) in [6, 6.07) is 7.13.